The number of fused-ring (bicyclic) bond motifs is 1. The topological polar surface area (TPSA) is 74.5 Å². The molecule has 1 aliphatic heterocycles. The summed E-state index contributed by atoms with van der Waals surface area (Å²) in [6.45, 7) is 9.41. The molecule has 1 saturated heterocycles. The first-order chi connectivity index (χ1) is 16.9. The van der Waals surface area contributed by atoms with Crippen molar-refractivity contribution < 1.29 is 18.3 Å². The van der Waals surface area contributed by atoms with Crippen molar-refractivity contribution in [3.8, 4) is 5.75 Å². The number of rotatable bonds is 6. The lowest BCUT2D eigenvalue weighted by Gasteiger charge is -2.36. The number of anilines is 1. The molecule has 2 aromatic heterocycles. The summed E-state index contributed by atoms with van der Waals surface area (Å²) in [6.07, 6.45) is -2.85. The van der Waals surface area contributed by atoms with Crippen LogP contribution in [0.15, 0.2) is 41.2 Å². The van der Waals surface area contributed by atoms with E-state index in [9.17, 15) is 23.1 Å². The molecule has 0 amide bonds. The van der Waals surface area contributed by atoms with Gasteiger partial charge < -0.3 is 14.6 Å². The second-order valence-corrected chi connectivity index (χ2v) is 10.3. The number of nitrogens with zero attached hydrogens (tertiary/aromatic N) is 5. The molecule has 1 N–H and O–H groups in total. The molecule has 0 unspecified atom stereocenters. The van der Waals surface area contributed by atoms with E-state index in [-0.39, 0.29) is 17.1 Å². The number of pyridine rings is 1. The molecular formula is C26H32F3N5O2. The zero-order valence-corrected chi connectivity index (χ0v) is 20.8. The number of hydrogen-bond acceptors (Lipinski definition) is 6. The predicted molar refractivity (Wildman–Crippen MR) is 133 cm³/mol. The van der Waals surface area contributed by atoms with Gasteiger partial charge in [0.1, 0.15) is 23.1 Å². The summed E-state index contributed by atoms with van der Waals surface area (Å²) in [5, 5.41) is 10.7. The summed E-state index contributed by atoms with van der Waals surface area (Å²) in [4.78, 5) is 24.8. The van der Waals surface area contributed by atoms with E-state index in [0.29, 0.717) is 36.4 Å². The zero-order valence-electron chi connectivity index (χ0n) is 20.8. The molecule has 36 heavy (non-hydrogen) atoms. The van der Waals surface area contributed by atoms with Gasteiger partial charge in [0.15, 0.2) is 0 Å². The molecule has 0 radical (unpaired) electrons. The summed E-state index contributed by atoms with van der Waals surface area (Å²) in [6, 6.07) is 9.59. The van der Waals surface area contributed by atoms with Crippen LogP contribution < -0.4 is 10.5 Å². The first-order valence-corrected chi connectivity index (χ1v) is 12.2. The Morgan fingerprint density at radius 1 is 0.944 bits per heavy atom. The van der Waals surface area contributed by atoms with Crippen LogP contribution in [0, 0.1) is 0 Å². The number of aromatic nitrogens is 3. The molecular weight excluding hydrogens is 471 g/mol. The Labute approximate surface area is 208 Å². The third-order valence-electron chi connectivity index (χ3n) is 6.47. The van der Waals surface area contributed by atoms with E-state index in [4.69, 9.17) is 0 Å². The van der Waals surface area contributed by atoms with Crippen LogP contribution in [0.2, 0.25) is 0 Å². The van der Waals surface area contributed by atoms with Crippen molar-refractivity contribution in [3.05, 3.63) is 58.3 Å². The maximum absolute atomic E-state index is 13.4. The highest BCUT2D eigenvalue weighted by atomic mass is 19.4. The smallest absolute Gasteiger partial charge is 0.433 e. The van der Waals surface area contributed by atoms with Gasteiger partial charge in [0, 0.05) is 55.7 Å². The van der Waals surface area contributed by atoms with E-state index in [1.54, 1.807) is 31.4 Å². The average molecular weight is 504 g/mol. The van der Waals surface area contributed by atoms with Gasteiger partial charge >= 0.3 is 6.18 Å². The van der Waals surface area contributed by atoms with Gasteiger partial charge in [-0.2, -0.15) is 13.2 Å². The number of para-hydroxylation sites is 1. The van der Waals surface area contributed by atoms with E-state index in [1.165, 1.54) is 6.07 Å². The standard InChI is InChI=1S/C26H32F3N5O2/c1-25(2,3)24-30-21(26(27,28)29)17-22(31-24)33-14-12-32(13-15-33)10-6-7-11-34-19-9-5-4-8-18(19)20(35)16-23(34)36/h4-5,8-9,16-17,35H,6-7,10-15H2,1-3H3. The summed E-state index contributed by atoms with van der Waals surface area (Å²) in [5.41, 5.74) is -1.01. The molecule has 7 nitrogen and oxygen atoms in total. The molecule has 1 aromatic carbocycles. The SMILES string of the molecule is CC(C)(C)c1nc(N2CCN(CCCCn3c(=O)cc(O)c4ccccc43)CC2)cc(C(F)(F)F)n1. The van der Waals surface area contributed by atoms with Crippen molar-refractivity contribution in [2.24, 2.45) is 0 Å². The molecule has 0 saturated carbocycles. The van der Waals surface area contributed by atoms with Gasteiger partial charge in [-0.1, -0.05) is 32.9 Å². The first kappa shape index (κ1) is 25.9. The number of aromatic hydroxyl groups is 1. The fourth-order valence-electron chi connectivity index (χ4n) is 4.43. The summed E-state index contributed by atoms with van der Waals surface area (Å²) < 4.78 is 42.0. The number of aryl methyl sites for hydroxylation is 1. The Hall–Kier alpha value is -3.14. The molecule has 0 spiro atoms. The van der Waals surface area contributed by atoms with Crippen molar-refractivity contribution in [2.75, 3.05) is 37.6 Å². The van der Waals surface area contributed by atoms with Crippen molar-refractivity contribution in [1.82, 2.24) is 19.4 Å². The molecule has 4 rings (SSSR count). The highest BCUT2D eigenvalue weighted by Crippen LogP contribution is 2.32. The maximum atomic E-state index is 13.4. The van der Waals surface area contributed by atoms with Crippen LogP contribution in [0.3, 0.4) is 0 Å². The molecule has 1 aliphatic rings. The minimum absolute atomic E-state index is 0.00890. The summed E-state index contributed by atoms with van der Waals surface area (Å²) in [5.74, 6) is 0.498. The van der Waals surface area contributed by atoms with Crippen LogP contribution in [0.25, 0.3) is 10.9 Å². The van der Waals surface area contributed by atoms with Gasteiger partial charge in [-0.05, 0) is 31.5 Å². The molecule has 194 valence electrons. The normalized spacial score (nSPS) is 15.6. The lowest BCUT2D eigenvalue weighted by atomic mass is 9.95. The largest absolute Gasteiger partial charge is 0.507 e. The van der Waals surface area contributed by atoms with Gasteiger partial charge in [0.25, 0.3) is 5.56 Å². The Balaban J connectivity index is 1.34. The Kier molecular flexibility index (Phi) is 7.26. The molecule has 0 atom stereocenters. The van der Waals surface area contributed by atoms with Gasteiger partial charge in [0.05, 0.1) is 5.52 Å². The van der Waals surface area contributed by atoms with Crippen LogP contribution in [-0.4, -0.2) is 57.3 Å². The number of benzene rings is 1. The average Bonchev–Trinajstić information content (AvgIpc) is 2.82. The van der Waals surface area contributed by atoms with Crippen molar-refractivity contribution in [2.45, 2.75) is 51.7 Å². The van der Waals surface area contributed by atoms with Gasteiger partial charge in [-0.15, -0.1) is 0 Å². The van der Waals surface area contributed by atoms with E-state index < -0.39 is 17.3 Å². The lowest BCUT2D eigenvalue weighted by Crippen LogP contribution is -2.47. The van der Waals surface area contributed by atoms with Crippen LogP contribution in [0.1, 0.15) is 45.1 Å². The zero-order chi connectivity index (χ0) is 26.1. The predicted octanol–water partition coefficient (Wildman–Crippen LogP) is 4.42. The first-order valence-electron chi connectivity index (χ1n) is 12.2. The number of halogens is 3. The molecule has 3 aromatic rings. The highest BCUT2D eigenvalue weighted by Gasteiger charge is 2.36. The van der Waals surface area contributed by atoms with E-state index in [2.05, 4.69) is 14.9 Å². The van der Waals surface area contributed by atoms with Crippen LogP contribution in [0.5, 0.6) is 5.75 Å². The number of alkyl halides is 3. The van der Waals surface area contributed by atoms with Crippen LogP contribution in [-0.2, 0) is 18.1 Å². The fraction of sp³-hybridized carbons (Fsp3) is 0.500. The van der Waals surface area contributed by atoms with Gasteiger partial charge in [-0.3, -0.25) is 9.69 Å². The van der Waals surface area contributed by atoms with Crippen molar-refractivity contribution in [3.63, 3.8) is 0 Å². The third-order valence-corrected chi connectivity index (χ3v) is 6.47. The van der Waals surface area contributed by atoms with Crippen LogP contribution in [0.4, 0.5) is 19.0 Å². The molecule has 3 heterocycles. The van der Waals surface area contributed by atoms with Crippen molar-refractivity contribution in [1.29, 1.82) is 0 Å². The van der Waals surface area contributed by atoms with Crippen LogP contribution >= 0.6 is 0 Å². The van der Waals surface area contributed by atoms with E-state index in [1.807, 2.05) is 23.1 Å². The lowest BCUT2D eigenvalue weighted by molar-refractivity contribution is -0.141. The van der Waals surface area contributed by atoms with E-state index in [0.717, 1.165) is 38.5 Å². The number of piperazine rings is 1. The molecule has 10 heteroatoms. The summed E-state index contributed by atoms with van der Waals surface area (Å²) >= 11 is 0. The minimum atomic E-state index is -4.52. The monoisotopic (exact) mass is 503 g/mol. The van der Waals surface area contributed by atoms with Gasteiger partial charge in [0.2, 0.25) is 0 Å². The fourth-order valence-corrected chi connectivity index (χ4v) is 4.43. The molecule has 0 bridgehead atoms. The summed E-state index contributed by atoms with van der Waals surface area (Å²) in [7, 11) is 0. The van der Waals surface area contributed by atoms with E-state index >= 15 is 0 Å². The quantitative estimate of drug-likeness (QED) is 0.502. The third kappa shape index (κ3) is 5.80. The minimum Gasteiger partial charge on any atom is -0.507 e. The second-order valence-electron chi connectivity index (χ2n) is 10.3. The Bertz CT molecular complexity index is 1240. The molecule has 1 fully saturated rings. The number of unbranched alkanes of at least 4 members (excludes halogenated alkanes) is 1. The van der Waals surface area contributed by atoms with Gasteiger partial charge in [-0.25, -0.2) is 9.97 Å². The highest BCUT2D eigenvalue weighted by molar-refractivity contribution is 5.84. The number of hydrogen-bond donors (Lipinski definition) is 1. The molecule has 0 aliphatic carbocycles. The Morgan fingerprint density at radius 3 is 2.28 bits per heavy atom. The van der Waals surface area contributed by atoms with Crippen molar-refractivity contribution >= 4 is 16.7 Å². The maximum Gasteiger partial charge on any atom is 0.433 e. The second kappa shape index (κ2) is 10.1. The Morgan fingerprint density at radius 2 is 1.61 bits per heavy atom.